The number of halogens is 3. The van der Waals surface area contributed by atoms with Crippen LogP contribution in [0.2, 0.25) is 10.0 Å². The molecule has 0 radical (unpaired) electrons. The molecule has 0 fully saturated rings. The predicted octanol–water partition coefficient (Wildman–Crippen LogP) is 4.64. The number of benzene rings is 2. The van der Waals surface area contributed by atoms with Crippen molar-refractivity contribution < 1.29 is 23.5 Å². The number of hydrogen-bond acceptors (Lipinski definition) is 4. The van der Waals surface area contributed by atoms with Crippen LogP contribution in [0.4, 0.5) is 4.39 Å². The van der Waals surface area contributed by atoms with Gasteiger partial charge in [0.2, 0.25) is 11.8 Å². The van der Waals surface area contributed by atoms with Gasteiger partial charge in [0.1, 0.15) is 12.4 Å². The number of nitrogens with zero attached hydrogens (tertiary/aromatic N) is 1. The zero-order valence-corrected chi connectivity index (χ0v) is 20.4. The van der Waals surface area contributed by atoms with Crippen LogP contribution in [0, 0.1) is 5.82 Å². The van der Waals surface area contributed by atoms with Crippen LogP contribution >= 0.6 is 23.2 Å². The second-order valence-electron chi connectivity index (χ2n) is 7.81. The van der Waals surface area contributed by atoms with Gasteiger partial charge in [0.15, 0.2) is 0 Å². The highest BCUT2D eigenvalue weighted by molar-refractivity contribution is 6.35. The molecule has 2 amide bonds. The Labute approximate surface area is 207 Å². The summed E-state index contributed by atoms with van der Waals surface area (Å²) in [5.74, 6) is -2.72. The van der Waals surface area contributed by atoms with Crippen LogP contribution in [0.5, 0.6) is 0 Å². The number of carbonyl (C=O) groups excluding carboxylic acids is 3. The van der Waals surface area contributed by atoms with E-state index in [1.54, 1.807) is 44.2 Å². The van der Waals surface area contributed by atoms with E-state index < -0.39 is 23.6 Å². The van der Waals surface area contributed by atoms with E-state index in [1.807, 2.05) is 0 Å². The Balaban J connectivity index is 1.76. The first-order valence-corrected chi connectivity index (χ1v) is 11.6. The molecular formula is C25H25Cl2FN2O4. The Morgan fingerprint density at radius 1 is 1.21 bits per heavy atom. The average Bonchev–Trinajstić information content (AvgIpc) is 2.78. The third kappa shape index (κ3) is 5.96. The van der Waals surface area contributed by atoms with Gasteiger partial charge in [-0.2, -0.15) is 0 Å². The van der Waals surface area contributed by atoms with Crippen molar-refractivity contribution in [2.24, 2.45) is 0 Å². The maximum Gasteiger partial charge on any atom is 0.336 e. The van der Waals surface area contributed by atoms with Crippen molar-refractivity contribution in [2.75, 3.05) is 19.7 Å². The fourth-order valence-corrected chi connectivity index (χ4v) is 4.46. The summed E-state index contributed by atoms with van der Waals surface area (Å²) >= 11 is 12.1. The third-order valence-electron chi connectivity index (χ3n) is 5.63. The Kier molecular flexibility index (Phi) is 8.69. The van der Waals surface area contributed by atoms with Crippen molar-refractivity contribution in [1.82, 2.24) is 10.2 Å². The summed E-state index contributed by atoms with van der Waals surface area (Å²) in [6, 6.07) is 11.1. The number of rotatable bonds is 8. The van der Waals surface area contributed by atoms with E-state index in [0.29, 0.717) is 23.0 Å². The average molecular weight is 507 g/mol. The molecule has 0 saturated carbocycles. The number of amides is 2. The molecule has 1 aliphatic heterocycles. The van der Waals surface area contributed by atoms with Crippen LogP contribution < -0.4 is 5.32 Å². The first-order valence-electron chi connectivity index (χ1n) is 10.9. The normalized spacial score (nSPS) is 16.0. The minimum absolute atomic E-state index is 0.126. The molecule has 2 aromatic carbocycles. The fraction of sp³-hybridized carbons (Fsp3) is 0.320. The van der Waals surface area contributed by atoms with Gasteiger partial charge < -0.3 is 15.0 Å². The second kappa shape index (κ2) is 11.5. The minimum Gasteiger partial charge on any atom is -0.463 e. The second-order valence-corrected chi connectivity index (χ2v) is 8.66. The molecular weight excluding hydrogens is 482 g/mol. The lowest BCUT2D eigenvalue weighted by Crippen LogP contribution is -2.44. The molecule has 1 N–H and O–H groups in total. The van der Waals surface area contributed by atoms with Crippen molar-refractivity contribution in [3.8, 4) is 0 Å². The van der Waals surface area contributed by atoms with Crippen LogP contribution in [-0.4, -0.2) is 42.4 Å². The molecule has 3 rings (SSSR count). The third-order valence-corrected chi connectivity index (χ3v) is 6.22. The number of nitrogens with one attached hydrogen (secondary N) is 1. The van der Waals surface area contributed by atoms with E-state index in [0.717, 1.165) is 5.56 Å². The highest BCUT2D eigenvalue weighted by Crippen LogP contribution is 2.38. The van der Waals surface area contributed by atoms with Gasteiger partial charge >= 0.3 is 5.97 Å². The zero-order valence-electron chi connectivity index (χ0n) is 18.9. The van der Waals surface area contributed by atoms with Gasteiger partial charge in [-0.25, -0.2) is 9.18 Å². The topological polar surface area (TPSA) is 75.7 Å². The predicted molar refractivity (Wildman–Crippen MR) is 128 cm³/mol. The van der Waals surface area contributed by atoms with Crippen LogP contribution in [0.25, 0.3) is 0 Å². The standard InChI is InChI=1S/C25H25Cl2FN2O4/c1-3-34-25(33)24-15(2)30(23(32)13-19(24)18-6-4-5-7-21(18)28)14-22(31)29-11-10-16-8-9-17(26)12-20(16)27/h4-9,12,19H,3,10-11,13-14H2,1-2H3,(H,29,31). The lowest BCUT2D eigenvalue weighted by molar-refractivity contribution is -0.141. The van der Waals surface area contributed by atoms with E-state index in [4.69, 9.17) is 27.9 Å². The molecule has 0 aromatic heterocycles. The van der Waals surface area contributed by atoms with E-state index in [9.17, 15) is 18.8 Å². The largest absolute Gasteiger partial charge is 0.463 e. The van der Waals surface area contributed by atoms with E-state index in [-0.39, 0.29) is 42.3 Å². The van der Waals surface area contributed by atoms with Gasteiger partial charge in [0.05, 0.1) is 12.2 Å². The smallest absolute Gasteiger partial charge is 0.336 e. The molecule has 180 valence electrons. The first kappa shape index (κ1) is 25.7. The summed E-state index contributed by atoms with van der Waals surface area (Å²) < 4.78 is 19.7. The van der Waals surface area contributed by atoms with Crippen LogP contribution in [0.1, 0.15) is 37.3 Å². The Hall–Kier alpha value is -2.90. The number of carbonyl (C=O) groups is 3. The molecule has 1 unspecified atom stereocenters. The van der Waals surface area contributed by atoms with Gasteiger partial charge in [0, 0.05) is 34.6 Å². The van der Waals surface area contributed by atoms with E-state index in [1.165, 1.54) is 17.0 Å². The van der Waals surface area contributed by atoms with Crippen LogP contribution in [-0.2, 0) is 25.5 Å². The molecule has 1 aliphatic rings. The number of ether oxygens (including phenoxy) is 1. The first-order chi connectivity index (χ1) is 16.2. The summed E-state index contributed by atoms with van der Waals surface area (Å²) in [5.41, 5.74) is 1.52. The minimum atomic E-state index is -0.792. The summed E-state index contributed by atoms with van der Waals surface area (Å²) in [5, 5.41) is 3.79. The van der Waals surface area contributed by atoms with Crippen molar-refractivity contribution in [3.05, 3.63) is 80.7 Å². The van der Waals surface area contributed by atoms with Crippen molar-refractivity contribution in [1.29, 1.82) is 0 Å². The molecule has 1 heterocycles. The Morgan fingerprint density at radius 2 is 1.94 bits per heavy atom. The molecule has 9 heteroatoms. The van der Waals surface area contributed by atoms with Crippen molar-refractivity contribution in [3.63, 3.8) is 0 Å². The highest BCUT2D eigenvalue weighted by Gasteiger charge is 2.38. The molecule has 0 saturated heterocycles. The maximum absolute atomic E-state index is 14.5. The van der Waals surface area contributed by atoms with Gasteiger partial charge in [-0.3, -0.25) is 9.59 Å². The van der Waals surface area contributed by atoms with Gasteiger partial charge in [-0.15, -0.1) is 0 Å². The molecule has 0 bridgehead atoms. The van der Waals surface area contributed by atoms with Gasteiger partial charge in [-0.1, -0.05) is 47.5 Å². The maximum atomic E-state index is 14.5. The zero-order chi connectivity index (χ0) is 24.8. The van der Waals surface area contributed by atoms with Crippen molar-refractivity contribution >= 4 is 41.0 Å². The highest BCUT2D eigenvalue weighted by atomic mass is 35.5. The quantitative estimate of drug-likeness (QED) is 0.529. The SMILES string of the molecule is CCOC(=O)C1=C(C)N(CC(=O)NCCc2ccc(Cl)cc2Cl)C(=O)CC1c1ccccc1F. The molecule has 0 spiro atoms. The number of esters is 1. The molecule has 0 aliphatic carbocycles. The van der Waals surface area contributed by atoms with E-state index >= 15 is 0 Å². The summed E-state index contributed by atoms with van der Waals surface area (Å²) in [6.07, 6.45) is 0.327. The lowest BCUT2D eigenvalue weighted by Gasteiger charge is -2.34. The summed E-state index contributed by atoms with van der Waals surface area (Å²) in [7, 11) is 0. The lowest BCUT2D eigenvalue weighted by atomic mass is 9.83. The summed E-state index contributed by atoms with van der Waals surface area (Å²) in [4.78, 5) is 39.5. The van der Waals surface area contributed by atoms with Gasteiger partial charge in [0.25, 0.3) is 0 Å². The monoisotopic (exact) mass is 506 g/mol. The number of allylic oxidation sites excluding steroid dienone is 1. The molecule has 2 aromatic rings. The Bertz CT molecular complexity index is 1140. The van der Waals surface area contributed by atoms with Crippen LogP contribution in [0.3, 0.4) is 0 Å². The van der Waals surface area contributed by atoms with Crippen molar-refractivity contribution in [2.45, 2.75) is 32.6 Å². The molecule has 1 atom stereocenters. The van der Waals surface area contributed by atoms with Crippen LogP contribution in [0.15, 0.2) is 53.7 Å². The van der Waals surface area contributed by atoms with E-state index in [2.05, 4.69) is 5.32 Å². The fourth-order valence-electron chi connectivity index (χ4n) is 3.96. The Morgan fingerprint density at radius 3 is 2.62 bits per heavy atom. The van der Waals surface area contributed by atoms with Gasteiger partial charge in [-0.05, 0) is 49.6 Å². The summed E-state index contributed by atoms with van der Waals surface area (Å²) in [6.45, 7) is 3.39. The molecule has 6 nitrogen and oxygen atoms in total. The number of hydrogen-bond donors (Lipinski definition) is 1. The molecule has 34 heavy (non-hydrogen) atoms.